The van der Waals surface area contributed by atoms with Crippen molar-refractivity contribution in [3.05, 3.63) is 29.1 Å². The first-order chi connectivity index (χ1) is 8.97. The van der Waals surface area contributed by atoms with Crippen molar-refractivity contribution in [1.82, 2.24) is 0 Å². The Kier molecular flexibility index (Phi) is 6.14. The van der Waals surface area contributed by atoms with Gasteiger partial charge < -0.3 is 9.47 Å². The average Bonchev–Trinajstić information content (AvgIpc) is 2.32. The highest BCUT2D eigenvalue weighted by Gasteiger charge is 2.16. The molecule has 0 heterocycles. The molecule has 0 fully saturated rings. The maximum absolute atomic E-state index is 13.5. The monoisotopic (exact) mass is 340 g/mol. The van der Waals surface area contributed by atoms with E-state index in [9.17, 15) is 18.0 Å². The lowest BCUT2D eigenvalue weighted by Gasteiger charge is -2.11. The molecule has 0 N–H and O–H groups in total. The molecule has 0 bridgehead atoms. The zero-order chi connectivity index (χ0) is 14.4. The fourth-order valence-corrected chi connectivity index (χ4v) is 2.00. The predicted octanol–water partition coefficient (Wildman–Crippen LogP) is 3.43. The molecule has 19 heavy (non-hydrogen) atoms. The summed E-state index contributed by atoms with van der Waals surface area (Å²) in [6, 6.07) is 2.15. The van der Waals surface area contributed by atoms with Crippen LogP contribution in [0, 0.1) is 5.82 Å². The van der Waals surface area contributed by atoms with Gasteiger partial charge in [0.2, 0.25) is 0 Å². The number of hydrogen-bond acceptors (Lipinski definition) is 3. The van der Waals surface area contributed by atoms with Gasteiger partial charge in [0.15, 0.2) is 11.6 Å². The van der Waals surface area contributed by atoms with Gasteiger partial charge >= 0.3 is 12.6 Å². The summed E-state index contributed by atoms with van der Waals surface area (Å²) in [5, 5.41) is 0.279. The van der Waals surface area contributed by atoms with Crippen molar-refractivity contribution >= 4 is 21.9 Å². The average molecular weight is 341 g/mol. The highest BCUT2D eigenvalue weighted by atomic mass is 79.9. The van der Waals surface area contributed by atoms with Gasteiger partial charge in [0.1, 0.15) is 0 Å². The Labute approximate surface area is 116 Å². The van der Waals surface area contributed by atoms with Crippen LogP contribution in [-0.4, -0.2) is 19.2 Å². The summed E-state index contributed by atoms with van der Waals surface area (Å²) in [5.41, 5.74) is 0.861. The van der Waals surface area contributed by atoms with Crippen LogP contribution < -0.4 is 4.74 Å². The summed E-state index contributed by atoms with van der Waals surface area (Å²) in [6.07, 6.45) is -0.124. The van der Waals surface area contributed by atoms with Gasteiger partial charge in [0.05, 0.1) is 13.0 Å². The van der Waals surface area contributed by atoms with Crippen LogP contribution in [0.2, 0.25) is 0 Å². The van der Waals surface area contributed by atoms with Crippen molar-refractivity contribution < 1.29 is 27.4 Å². The van der Waals surface area contributed by atoms with Crippen molar-refractivity contribution in [3.63, 3.8) is 0 Å². The van der Waals surface area contributed by atoms with E-state index in [0.29, 0.717) is 11.1 Å². The fraction of sp³-hybridized carbons (Fsp3) is 0.417. The van der Waals surface area contributed by atoms with Crippen LogP contribution in [-0.2, 0) is 21.3 Å². The smallest absolute Gasteiger partial charge is 0.387 e. The lowest BCUT2D eigenvalue weighted by molar-refractivity contribution is -0.142. The highest BCUT2D eigenvalue weighted by molar-refractivity contribution is 9.08. The van der Waals surface area contributed by atoms with E-state index in [1.807, 2.05) is 0 Å². The summed E-state index contributed by atoms with van der Waals surface area (Å²) < 4.78 is 46.5. The van der Waals surface area contributed by atoms with E-state index in [1.165, 1.54) is 0 Å². The fourth-order valence-electron chi connectivity index (χ4n) is 1.48. The molecule has 0 saturated carbocycles. The quantitative estimate of drug-likeness (QED) is 0.588. The largest absolute Gasteiger partial charge is 0.466 e. The summed E-state index contributed by atoms with van der Waals surface area (Å²) in [6.45, 7) is -1.23. The Morgan fingerprint density at radius 3 is 2.58 bits per heavy atom. The van der Waals surface area contributed by atoms with Crippen molar-refractivity contribution in [2.45, 2.75) is 25.3 Å². The summed E-state index contributed by atoms with van der Waals surface area (Å²) in [4.78, 5) is 11.3. The van der Waals surface area contributed by atoms with E-state index in [-0.39, 0.29) is 18.4 Å². The van der Waals surface area contributed by atoms with Gasteiger partial charge in [-0.15, -0.1) is 0 Å². The molecule has 0 radical (unpaired) electrons. The molecule has 0 aliphatic rings. The molecule has 1 rings (SSSR count). The third kappa shape index (κ3) is 4.74. The second-order valence-electron chi connectivity index (χ2n) is 3.55. The van der Waals surface area contributed by atoms with Crippen molar-refractivity contribution in [3.8, 4) is 5.75 Å². The molecule has 0 amide bonds. The second kappa shape index (κ2) is 7.37. The van der Waals surface area contributed by atoms with Gasteiger partial charge in [-0.1, -0.05) is 15.9 Å². The van der Waals surface area contributed by atoms with Crippen LogP contribution in [0.15, 0.2) is 12.1 Å². The molecule has 0 saturated heterocycles. The zero-order valence-corrected chi connectivity index (χ0v) is 11.7. The number of halogens is 4. The highest BCUT2D eigenvalue weighted by Crippen LogP contribution is 2.26. The minimum atomic E-state index is -3.10. The van der Waals surface area contributed by atoms with E-state index in [4.69, 9.17) is 4.74 Å². The molecule has 1 aromatic rings. The van der Waals surface area contributed by atoms with Gasteiger partial charge in [0.25, 0.3) is 0 Å². The maximum Gasteiger partial charge on any atom is 0.387 e. The van der Waals surface area contributed by atoms with Gasteiger partial charge in [-0.05, 0) is 30.2 Å². The number of esters is 1. The number of carbonyl (C=O) groups is 1. The Balaban J connectivity index is 2.99. The molecular weight excluding hydrogens is 329 g/mol. The van der Waals surface area contributed by atoms with Crippen LogP contribution in [0.4, 0.5) is 13.2 Å². The number of ether oxygens (including phenoxy) is 2. The molecule has 0 spiro atoms. The summed E-state index contributed by atoms with van der Waals surface area (Å²) in [5.74, 6) is -1.99. The molecule has 0 aliphatic carbocycles. The first kappa shape index (κ1) is 15.8. The Morgan fingerprint density at radius 1 is 1.37 bits per heavy atom. The third-order valence-corrected chi connectivity index (χ3v) is 2.86. The second-order valence-corrected chi connectivity index (χ2v) is 4.11. The van der Waals surface area contributed by atoms with Crippen LogP contribution in [0.5, 0.6) is 5.75 Å². The van der Waals surface area contributed by atoms with Crippen molar-refractivity contribution in [2.24, 2.45) is 0 Å². The molecule has 0 aromatic heterocycles. The zero-order valence-electron chi connectivity index (χ0n) is 10.1. The summed E-state index contributed by atoms with van der Waals surface area (Å²) >= 11 is 3.14. The lowest BCUT2D eigenvalue weighted by Crippen LogP contribution is -2.10. The first-order valence-electron chi connectivity index (χ1n) is 5.45. The molecule has 3 nitrogen and oxygen atoms in total. The van der Waals surface area contributed by atoms with Crippen molar-refractivity contribution in [1.29, 1.82) is 0 Å². The first-order valence-corrected chi connectivity index (χ1v) is 6.57. The molecule has 0 aliphatic heterocycles. The van der Waals surface area contributed by atoms with Crippen LogP contribution in [0.25, 0.3) is 0 Å². The van der Waals surface area contributed by atoms with Gasteiger partial charge in [-0.3, -0.25) is 4.79 Å². The number of alkyl halides is 3. The predicted molar refractivity (Wildman–Crippen MR) is 66.0 cm³/mol. The molecule has 0 atom stereocenters. The molecule has 7 heteroatoms. The van der Waals surface area contributed by atoms with Crippen molar-refractivity contribution in [2.75, 3.05) is 6.61 Å². The van der Waals surface area contributed by atoms with E-state index in [1.54, 1.807) is 6.92 Å². The van der Waals surface area contributed by atoms with Gasteiger partial charge in [0, 0.05) is 5.33 Å². The number of rotatable bonds is 6. The van der Waals surface area contributed by atoms with E-state index in [2.05, 4.69) is 20.7 Å². The third-order valence-electron chi connectivity index (χ3n) is 2.25. The van der Waals surface area contributed by atoms with Crippen LogP contribution >= 0.6 is 15.9 Å². The van der Waals surface area contributed by atoms with E-state index in [0.717, 1.165) is 12.1 Å². The molecule has 0 unspecified atom stereocenters. The van der Waals surface area contributed by atoms with Crippen LogP contribution in [0.1, 0.15) is 18.1 Å². The van der Waals surface area contributed by atoms with Gasteiger partial charge in [-0.2, -0.15) is 8.78 Å². The Bertz CT molecular complexity index is 452. The Morgan fingerprint density at radius 2 is 2.05 bits per heavy atom. The minimum absolute atomic E-state index is 0.124. The number of hydrogen-bond donors (Lipinski definition) is 0. The van der Waals surface area contributed by atoms with E-state index < -0.39 is 24.1 Å². The standard InChI is InChI=1S/C12H12BrF3O3/c1-2-18-11(17)5-7-3-9(14)10(19-12(15)16)4-8(7)6-13/h3-4,12H,2,5-6H2,1H3. The number of carbonyl (C=O) groups excluding carboxylic acids is 1. The normalized spacial score (nSPS) is 10.6. The maximum atomic E-state index is 13.5. The minimum Gasteiger partial charge on any atom is -0.466 e. The summed E-state index contributed by atoms with van der Waals surface area (Å²) in [7, 11) is 0. The topological polar surface area (TPSA) is 35.5 Å². The molecular formula is C12H12BrF3O3. The SMILES string of the molecule is CCOC(=O)Cc1cc(F)c(OC(F)F)cc1CBr. The van der Waals surface area contributed by atoms with E-state index >= 15 is 0 Å². The molecule has 1 aromatic carbocycles. The van der Waals surface area contributed by atoms with Gasteiger partial charge in [-0.25, -0.2) is 4.39 Å². The molecule has 106 valence electrons. The van der Waals surface area contributed by atoms with Crippen LogP contribution in [0.3, 0.4) is 0 Å². The number of benzene rings is 1. The Hall–Kier alpha value is -1.24. The lowest BCUT2D eigenvalue weighted by atomic mass is 10.1.